The van der Waals surface area contributed by atoms with E-state index in [4.69, 9.17) is 26.8 Å². The molecule has 2 heterocycles. The third-order valence-electron chi connectivity index (χ3n) is 5.60. The smallest absolute Gasteiger partial charge is 0.255 e. The number of rotatable bonds is 8. The molecule has 2 aliphatic rings. The molecule has 2 saturated heterocycles. The lowest BCUT2D eigenvalue weighted by molar-refractivity contribution is -0.130. The molecule has 0 bridgehead atoms. The molecule has 9 heteroatoms. The summed E-state index contributed by atoms with van der Waals surface area (Å²) >= 11 is 6.05. The Morgan fingerprint density at radius 1 is 1.30 bits per heavy atom. The minimum absolute atomic E-state index is 0.104. The molecule has 3 N–H and O–H groups in total. The molecule has 2 aliphatic heterocycles. The van der Waals surface area contributed by atoms with Gasteiger partial charge in [0.05, 0.1) is 36.1 Å². The van der Waals surface area contributed by atoms with E-state index in [2.05, 4.69) is 10.2 Å². The van der Waals surface area contributed by atoms with E-state index in [9.17, 15) is 9.59 Å². The number of nitrogen functional groups attached to an aromatic ring is 1. The van der Waals surface area contributed by atoms with E-state index in [1.54, 1.807) is 6.07 Å². The highest BCUT2D eigenvalue weighted by Gasteiger charge is 2.23. The number of carbonyl (C=O) groups is 2. The molecule has 1 aromatic rings. The monoisotopic (exact) mass is 438 g/mol. The molecule has 1 aromatic carbocycles. The van der Waals surface area contributed by atoms with Crippen LogP contribution in [-0.4, -0.2) is 80.7 Å². The largest absolute Gasteiger partial charge is 0.496 e. The third-order valence-corrected chi connectivity index (χ3v) is 5.93. The number of methoxy groups -OCH3 is 1. The maximum atomic E-state index is 12.6. The van der Waals surface area contributed by atoms with Gasteiger partial charge in [-0.25, -0.2) is 0 Å². The predicted octanol–water partition coefficient (Wildman–Crippen LogP) is 1.76. The van der Waals surface area contributed by atoms with Crippen LogP contribution in [0.15, 0.2) is 12.1 Å². The standard InChI is InChI=1S/C21H31ClN4O4/c1-29-19-12-18(23)17(22)11-16(19)21(28)24-13-15-14-25(9-10-30-15)6-4-5-20(27)26-7-2-3-8-26/h11-12,15H,2-10,13-14,23H2,1H3,(H,24,28). The van der Waals surface area contributed by atoms with Gasteiger partial charge in [-0.15, -0.1) is 0 Å². The molecule has 30 heavy (non-hydrogen) atoms. The molecule has 1 unspecified atom stereocenters. The van der Waals surface area contributed by atoms with Crippen LogP contribution in [0.4, 0.5) is 5.69 Å². The van der Waals surface area contributed by atoms with Crippen molar-refractivity contribution in [1.82, 2.24) is 15.1 Å². The van der Waals surface area contributed by atoms with E-state index < -0.39 is 0 Å². The fourth-order valence-corrected chi connectivity index (χ4v) is 4.07. The number of amides is 2. The number of nitrogens with zero attached hydrogens (tertiary/aromatic N) is 2. The van der Waals surface area contributed by atoms with Crippen molar-refractivity contribution in [3.63, 3.8) is 0 Å². The number of nitrogens with two attached hydrogens (primary N) is 1. The van der Waals surface area contributed by atoms with Crippen molar-refractivity contribution >= 4 is 29.1 Å². The van der Waals surface area contributed by atoms with Gasteiger partial charge in [0.2, 0.25) is 5.91 Å². The molecule has 3 rings (SSSR count). The average molecular weight is 439 g/mol. The van der Waals surface area contributed by atoms with E-state index in [0.717, 1.165) is 52.0 Å². The van der Waals surface area contributed by atoms with Gasteiger partial charge in [0, 0.05) is 45.2 Å². The Bertz CT molecular complexity index is 755. The zero-order valence-corrected chi connectivity index (χ0v) is 18.2. The number of halogens is 1. The molecule has 0 saturated carbocycles. The van der Waals surface area contributed by atoms with Crippen LogP contribution in [0.2, 0.25) is 5.02 Å². The first kappa shape index (κ1) is 22.7. The maximum Gasteiger partial charge on any atom is 0.255 e. The van der Waals surface area contributed by atoms with Crippen LogP contribution in [0, 0.1) is 0 Å². The van der Waals surface area contributed by atoms with Gasteiger partial charge in [0.1, 0.15) is 5.75 Å². The normalized spacial score (nSPS) is 19.7. The quantitative estimate of drug-likeness (QED) is 0.600. The molecule has 0 aromatic heterocycles. The summed E-state index contributed by atoms with van der Waals surface area (Å²) < 4.78 is 11.0. The average Bonchev–Trinajstić information content (AvgIpc) is 3.29. The van der Waals surface area contributed by atoms with Gasteiger partial charge in [-0.1, -0.05) is 11.6 Å². The number of likely N-dealkylation sites (tertiary alicyclic amines) is 1. The molecule has 0 aliphatic carbocycles. The summed E-state index contributed by atoms with van der Waals surface area (Å²) in [5.41, 5.74) is 6.47. The summed E-state index contributed by atoms with van der Waals surface area (Å²) in [7, 11) is 1.48. The van der Waals surface area contributed by atoms with E-state index in [0.29, 0.717) is 41.6 Å². The van der Waals surface area contributed by atoms with E-state index in [1.807, 2.05) is 4.90 Å². The number of hydrogen-bond acceptors (Lipinski definition) is 6. The first-order valence-corrected chi connectivity index (χ1v) is 10.9. The summed E-state index contributed by atoms with van der Waals surface area (Å²) in [5.74, 6) is 0.356. The third kappa shape index (κ3) is 6.00. The van der Waals surface area contributed by atoms with E-state index in [1.165, 1.54) is 13.2 Å². The molecule has 8 nitrogen and oxygen atoms in total. The Morgan fingerprint density at radius 3 is 2.80 bits per heavy atom. The van der Waals surface area contributed by atoms with Gasteiger partial charge in [-0.3, -0.25) is 14.5 Å². The summed E-state index contributed by atoms with van der Waals surface area (Å²) in [6.07, 6.45) is 3.58. The van der Waals surface area contributed by atoms with Crippen molar-refractivity contribution in [3.8, 4) is 5.75 Å². The van der Waals surface area contributed by atoms with Crippen LogP contribution in [0.25, 0.3) is 0 Å². The fraction of sp³-hybridized carbons (Fsp3) is 0.619. The maximum absolute atomic E-state index is 12.6. The van der Waals surface area contributed by atoms with E-state index >= 15 is 0 Å². The molecule has 0 radical (unpaired) electrons. The molecule has 2 fully saturated rings. The van der Waals surface area contributed by atoms with Crippen molar-refractivity contribution in [1.29, 1.82) is 0 Å². The molecule has 1 atom stereocenters. The highest BCUT2D eigenvalue weighted by molar-refractivity contribution is 6.33. The molecule has 2 amide bonds. The van der Waals surface area contributed by atoms with Gasteiger partial charge >= 0.3 is 0 Å². The van der Waals surface area contributed by atoms with Crippen molar-refractivity contribution < 1.29 is 19.1 Å². The number of anilines is 1. The summed E-state index contributed by atoms with van der Waals surface area (Å²) in [5, 5.41) is 3.20. The van der Waals surface area contributed by atoms with Crippen molar-refractivity contribution in [2.45, 2.75) is 31.8 Å². The van der Waals surface area contributed by atoms with Crippen LogP contribution >= 0.6 is 11.6 Å². The number of nitrogens with one attached hydrogen (secondary N) is 1. The minimum atomic E-state index is -0.286. The first-order chi connectivity index (χ1) is 14.5. The predicted molar refractivity (Wildman–Crippen MR) is 116 cm³/mol. The Labute approximate surface area is 182 Å². The number of ether oxygens (including phenoxy) is 2. The minimum Gasteiger partial charge on any atom is -0.496 e. The zero-order chi connectivity index (χ0) is 21.5. The lowest BCUT2D eigenvalue weighted by Crippen LogP contribution is -2.47. The van der Waals surface area contributed by atoms with Crippen LogP contribution in [0.3, 0.4) is 0 Å². The molecular weight excluding hydrogens is 408 g/mol. The van der Waals surface area contributed by atoms with Gasteiger partial charge in [-0.2, -0.15) is 0 Å². The molecule has 0 spiro atoms. The van der Waals surface area contributed by atoms with E-state index in [-0.39, 0.29) is 17.9 Å². The van der Waals surface area contributed by atoms with Crippen LogP contribution in [-0.2, 0) is 9.53 Å². The van der Waals surface area contributed by atoms with Gasteiger partial charge in [-0.05, 0) is 31.9 Å². The van der Waals surface area contributed by atoms with Crippen molar-refractivity contribution in [3.05, 3.63) is 22.7 Å². The first-order valence-electron chi connectivity index (χ1n) is 10.5. The summed E-state index contributed by atoms with van der Waals surface area (Å²) in [4.78, 5) is 29.0. The summed E-state index contributed by atoms with van der Waals surface area (Å²) in [6, 6.07) is 3.05. The second kappa shape index (κ2) is 10.8. The fourth-order valence-electron chi connectivity index (χ4n) is 3.90. The lowest BCUT2D eigenvalue weighted by Gasteiger charge is -2.33. The molecular formula is C21H31ClN4O4. The second-order valence-electron chi connectivity index (χ2n) is 7.77. The highest BCUT2D eigenvalue weighted by Crippen LogP contribution is 2.28. The second-order valence-corrected chi connectivity index (χ2v) is 8.18. The number of carbonyl (C=O) groups excluding carboxylic acids is 2. The highest BCUT2D eigenvalue weighted by atomic mass is 35.5. The van der Waals surface area contributed by atoms with Gasteiger partial charge in [0.25, 0.3) is 5.91 Å². The lowest BCUT2D eigenvalue weighted by atomic mass is 10.1. The molecule has 166 valence electrons. The topological polar surface area (TPSA) is 97.1 Å². The number of morpholine rings is 1. The number of benzene rings is 1. The number of hydrogen-bond donors (Lipinski definition) is 2. The Hall–Kier alpha value is -2.03. The SMILES string of the molecule is COc1cc(N)c(Cl)cc1C(=O)NCC1CN(CCCC(=O)N2CCCC2)CCO1. The van der Waals surface area contributed by atoms with Gasteiger partial charge < -0.3 is 25.4 Å². The van der Waals surface area contributed by atoms with Crippen molar-refractivity contribution in [2.24, 2.45) is 0 Å². The van der Waals surface area contributed by atoms with Crippen molar-refractivity contribution in [2.75, 3.05) is 58.7 Å². The summed E-state index contributed by atoms with van der Waals surface area (Å²) in [6.45, 7) is 5.21. The van der Waals surface area contributed by atoms with Crippen LogP contribution in [0.1, 0.15) is 36.0 Å². The Kier molecular flexibility index (Phi) is 8.18. The Balaban J connectivity index is 1.43. The van der Waals surface area contributed by atoms with Crippen LogP contribution < -0.4 is 15.8 Å². The van der Waals surface area contributed by atoms with Gasteiger partial charge in [0.15, 0.2) is 0 Å². The Morgan fingerprint density at radius 2 is 2.07 bits per heavy atom. The zero-order valence-electron chi connectivity index (χ0n) is 17.5. The van der Waals surface area contributed by atoms with Crippen LogP contribution in [0.5, 0.6) is 5.75 Å².